The Morgan fingerprint density at radius 2 is 2.18 bits per heavy atom. The summed E-state index contributed by atoms with van der Waals surface area (Å²) < 4.78 is 20.4. The number of nitrogens with zero attached hydrogens (tertiary/aromatic N) is 1. The Morgan fingerprint density at radius 1 is 1.45 bits per heavy atom. The average Bonchev–Trinajstić information content (AvgIpc) is 1.85. The number of thiol groups is 1. The van der Waals surface area contributed by atoms with Gasteiger partial charge in [0.05, 0.1) is 11.9 Å². The maximum absolute atomic E-state index is 10.2. The van der Waals surface area contributed by atoms with E-state index < -0.39 is 10.7 Å². The predicted molar refractivity (Wildman–Crippen MR) is 39.9 cm³/mol. The normalized spacial score (nSPS) is 10.3. The lowest BCUT2D eigenvalue weighted by Crippen LogP contribution is -1.86. The largest absolute Gasteiger partial charge is 0.506 e. The quantitative estimate of drug-likeness (QED) is 0.613. The third-order valence-electron chi connectivity index (χ3n) is 1.09. The summed E-state index contributed by atoms with van der Waals surface area (Å²) in [6.45, 7) is 0. The maximum Gasteiger partial charge on any atom is 0.144 e. The highest BCUT2D eigenvalue weighted by molar-refractivity contribution is 7.71. The van der Waals surface area contributed by atoms with Crippen molar-refractivity contribution in [3.63, 3.8) is 0 Å². The van der Waals surface area contributed by atoms with Gasteiger partial charge in [0.15, 0.2) is 0 Å². The van der Waals surface area contributed by atoms with Crippen molar-refractivity contribution >= 4 is 10.7 Å². The Balaban J connectivity index is 2.87. The summed E-state index contributed by atoms with van der Waals surface area (Å²) in [7, 11) is -2.44. The Kier molecular flexibility index (Phi) is 2.43. The molecule has 1 N–H and O–H groups in total. The molecule has 0 radical (unpaired) electrons. The van der Waals surface area contributed by atoms with E-state index in [0.717, 1.165) is 0 Å². The standard InChI is InChI=1S/C6H7NO3S/c8-6-1-5(2-7-3-6)4-11(9)10/h1-3,8,11H,4H2. The molecule has 0 aliphatic rings. The monoisotopic (exact) mass is 173 g/mol. The van der Waals surface area contributed by atoms with Gasteiger partial charge in [-0.25, -0.2) is 8.42 Å². The smallest absolute Gasteiger partial charge is 0.144 e. The second-order valence-corrected chi connectivity index (χ2v) is 3.02. The molecule has 0 saturated carbocycles. The van der Waals surface area contributed by atoms with Gasteiger partial charge in [-0.05, 0) is 11.6 Å². The van der Waals surface area contributed by atoms with Crippen LogP contribution in [0.15, 0.2) is 18.5 Å². The molecular formula is C6H7NO3S. The van der Waals surface area contributed by atoms with Crippen LogP contribution in [-0.2, 0) is 16.5 Å². The first-order valence-corrected chi connectivity index (χ1v) is 4.29. The van der Waals surface area contributed by atoms with Crippen LogP contribution in [0.2, 0.25) is 0 Å². The van der Waals surface area contributed by atoms with Crippen molar-refractivity contribution in [2.24, 2.45) is 0 Å². The zero-order valence-corrected chi connectivity index (χ0v) is 6.49. The van der Waals surface area contributed by atoms with Gasteiger partial charge in [0.2, 0.25) is 0 Å². The van der Waals surface area contributed by atoms with Crippen LogP contribution in [0.4, 0.5) is 0 Å². The first-order chi connectivity index (χ1) is 5.18. The van der Waals surface area contributed by atoms with E-state index in [1.165, 1.54) is 18.5 Å². The molecule has 0 saturated heterocycles. The van der Waals surface area contributed by atoms with Crippen molar-refractivity contribution in [2.75, 3.05) is 0 Å². The van der Waals surface area contributed by atoms with Gasteiger partial charge in [0.1, 0.15) is 16.5 Å². The summed E-state index contributed by atoms with van der Waals surface area (Å²) in [6.07, 6.45) is 2.66. The van der Waals surface area contributed by atoms with Crippen molar-refractivity contribution < 1.29 is 13.5 Å². The SMILES string of the molecule is O=[SH](=O)Cc1cncc(O)c1. The summed E-state index contributed by atoms with van der Waals surface area (Å²) in [5, 5.41) is 8.87. The fraction of sp³-hybridized carbons (Fsp3) is 0.167. The molecule has 0 aliphatic heterocycles. The van der Waals surface area contributed by atoms with E-state index in [1.807, 2.05) is 0 Å². The van der Waals surface area contributed by atoms with Gasteiger partial charge in [-0.1, -0.05) is 0 Å². The molecule has 0 atom stereocenters. The molecule has 0 unspecified atom stereocenters. The molecule has 60 valence electrons. The van der Waals surface area contributed by atoms with Crippen LogP contribution >= 0.6 is 0 Å². The number of hydrogen-bond donors (Lipinski definition) is 2. The Hall–Kier alpha value is -1.10. The fourth-order valence-corrected chi connectivity index (χ4v) is 1.18. The van der Waals surface area contributed by atoms with Gasteiger partial charge in [-0.15, -0.1) is 0 Å². The van der Waals surface area contributed by atoms with Gasteiger partial charge in [-0.2, -0.15) is 0 Å². The number of aromatic nitrogens is 1. The molecule has 1 heterocycles. The minimum Gasteiger partial charge on any atom is -0.506 e. The molecule has 11 heavy (non-hydrogen) atoms. The molecule has 1 aromatic heterocycles. The molecule has 5 heteroatoms. The van der Waals surface area contributed by atoms with Crippen LogP contribution in [0.1, 0.15) is 5.56 Å². The average molecular weight is 173 g/mol. The van der Waals surface area contributed by atoms with Crippen LogP contribution in [0.3, 0.4) is 0 Å². The van der Waals surface area contributed by atoms with Gasteiger partial charge >= 0.3 is 0 Å². The highest BCUT2D eigenvalue weighted by Gasteiger charge is 1.95. The lowest BCUT2D eigenvalue weighted by atomic mass is 10.3. The Labute approximate surface area is 65.5 Å². The molecule has 0 spiro atoms. The third kappa shape index (κ3) is 2.55. The molecular weight excluding hydrogens is 166 g/mol. The van der Waals surface area contributed by atoms with Crippen LogP contribution < -0.4 is 0 Å². The molecule has 1 aromatic rings. The summed E-state index contributed by atoms with van der Waals surface area (Å²) in [5.41, 5.74) is 0.501. The highest BCUT2D eigenvalue weighted by Crippen LogP contribution is 2.08. The molecule has 4 nitrogen and oxygen atoms in total. The molecule has 0 amide bonds. The fourth-order valence-electron chi connectivity index (χ4n) is 0.709. The van der Waals surface area contributed by atoms with E-state index in [4.69, 9.17) is 5.11 Å². The van der Waals surface area contributed by atoms with E-state index in [1.54, 1.807) is 0 Å². The van der Waals surface area contributed by atoms with E-state index in [0.29, 0.717) is 5.56 Å². The zero-order chi connectivity index (χ0) is 8.27. The number of hydrogen-bond acceptors (Lipinski definition) is 4. The first-order valence-electron chi connectivity index (χ1n) is 2.93. The van der Waals surface area contributed by atoms with Crippen molar-refractivity contribution in [3.05, 3.63) is 24.0 Å². The van der Waals surface area contributed by atoms with Crippen molar-refractivity contribution in [2.45, 2.75) is 5.75 Å². The molecule has 1 rings (SSSR count). The van der Waals surface area contributed by atoms with Gasteiger partial charge in [0, 0.05) is 6.20 Å². The zero-order valence-electron chi connectivity index (χ0n) is 5.60. The predicted octanol–water partition coefficient (Wildman–Crippen LogP) is -0.101. The van der Waals surface area contributed by atoms with Crippen LogP contribution in [0.5, 0.6) is 5.75 Å². The van der Waals surface area contributed by atoms with Gasteiger partial charge < -0.3 is 5.11 Å². The minimum atomic E-state index is -2.44. The second-order valence-electron chi connectivity index (χ2n) is 2.04. The van der Waals surface area contributed by atoms with E-state index in [2.05, 4.69) is 4.98 Å². The lowest BCUT2D eigenvalue weighted by molar-refractivity contribution is 0.472. The summed E-state index contributed by atoms with van der Waals surface area (Å²) >= 11 is 0. The topological polar surface area (TPSA) is 67.3 Å². The van der Waals surface area contributed by atoms with Crippen LogP contribution in [0.25, 0.3) is 0 Å². The highest BCUT2D eigenvalue weighted by atomic mass is 32.2. The summed E-state index contributed by atoms with van der Waals surface area (Å²) in [5.74, 6) is -0.0872. The van der Waals surface area contributed by atoms with Gasteiger partial charge in [-0.3, -0.25) is 4.98 Å². The van der Waals surface area contributed by atoms with Crippen molar-refractivity contribution in [3.8, 4) is 5.75 Å². The summed E-state index contributed by atoms with van der Waals surface area (Å²) in [6, 6.07) is 1.37. The third-order valence-corrected chi connectivity index (χ3v) is 1.72. The number of aromatic hydroxyl groups is 1. The maximum atomic E-state index is 10.2. The van der Waals surface area contributed by atoms with E-state index in [-0.39, 0.29) is 11.5 Å². The molecule has 0 bridgehead atoms. The number of rotatable bonds is 2. The first kappa shape index (κ1) is 8.00. The lowest BCUT2D eigenvalue weighted by Gasteiger charge is -1.93. The number of pyridine rings is 1. The Bertz CT molecular complexity index is 313. The van der Waals surface area contributed by atoms with Crippen LogP contribution in [0, 0.1) is 0 Å². The van der Waals surface area contributed by atoms with Crippen LogP contribution in [-0.4, -0.2) is 18.5 Å². The Morgan fingerprint density at radius 3 is 2.73 bits per heavy atom. The van der Waals surface area contributed by atoms with E-state index >= 15 is 0 Å². The van der Waals surface area contributed by atoms with Crippen molar-refractivity contribution in [1.29, 1.82) is 0 Å². The summed E-state index contributed by atoms with van der Waals surface area (Å²) in [4.78, 5) is 3.62. The minimum absolute atomic E-state index is 0.0145. The molecule has 0 aliphatic carbocycles. The second kappa shape index (κ2) is 3.34. The van der Waals surface area contributed by atoms with E-state index in [9.17, 15) is 8.42 Å². The molecule has 0 aromatic carbocycles. The van der Waals surface area contributed by atoms with Gasteiger partial charge in [0.25, 0.3) is 0 Å². The van der Waals surface area contributed by atoms with Crippen molar-refractivity contribution in [1.82, 2.24) is 4.98 Å². The molecule has 0 fully saturated rings.